The van der Waals surface area contributed by atoms with Crippen LogP contribution in [0.15, 0.2) is 18.2 Å². The molecule has 0 aliphatic rings. The number of carbonyl (C=O) groups is 1. The van der Waals surface area contributed by atoms with Crippen molar-refractivity contribution in [2.45, 2.75) is 20.3 Å². The molecule has 0 radical (unpaired) electrons. The van der Waals surface area contributed by atoms with Gasteiger partial charge in [0, 0.05) is 23.7 Å². The molecule has 0 amide bonds. The summed E-state index contributed by atoms with van der Waals surface area (Å²) in [5.74, 6) is 0.192. The van der Waals surface area contributed by atoms with Crippen LogP contribution in [0.3, 0.4) is 0 Å². The molecular formula is C11H14ClNO. The second-order valence-electron chi connectivity index (χ2n) is 3.29. The van der Waals surface area contributed by atoms with Gasteiger partial charge in [0.2, 0.25) is 0 Å². The highest BCUT2D eigenvalue weighted by Gasteiger charge is 2.01. The SMILES string of the molecule is CC(=O)CCNc1cccc(Cl)c1C. The summed E-state index contributed by atoms with van der Waals surface area (Å²) >= 11 is 5.95. The minimum atomic E-state index is 0.192. The van der Waals surface area contributed by atoms with E-state index in [2.05, 4.69) is 5.32 Å². The highest BCUT2D eigenvalue weighted by Crippen LogP contribution is 2.22. The molecule has 76 valence electrons. The van der Waals surface area contributed by atoms with Gasteiger partial charge in [0.05, 0.1) is 0 Å². The molecule has 0 fully saturated rings. The minimum absolute atomic E-state index is 0.192. The van der Waals surface area contributed by atoms with Crippen LogP contribution < -0.4 is 5.32 Å². The summed E-state index contributed by atoms with van der Waals surface area (Å²) in [6.07, 6.45) is 0.548. The van der Waals surface area contributed by atoms with Crippen LogP contribution in [0.4, 0.5) is 5.69 Å². The van der Waals surface area contributed by atoms with Crippen molar-refractivity contribution in [3.8, 4) is 0 Å². The van der Waals surface area contributed by atoms with Crippen LogP contribution in [-0.4, -0.2) is 12.3 Å². The fourth-order valence-corrected chi connectivity index (χ4v) is 1.35. The van der Waals surface area contributed by atoms with Crippen LogP contribution in [-0.2, 0) is 4.79 Å². The number of ketones is 1. The Labute approximate surface area is 89.3 Å². The normalized spacial score (nSPS) is 9.93. The maximum Gasteiger partial charge on any atom is 0.131 e. The maximum absolute atomic E-state index is 10.7. The first-order chi connectivity index (χ1) is 6.61. The molecule has 0 aromatic heterocycles. The van der Waals surface area contributed by atoms with Crippen LogP contribution in [0, 0.1) is 6.92 Å². The van der Waals surface area contributed by atoms with Crippen molar-refractivity contribution in [3.63, 3.8) is 0 Å². The summed E-state index contributed by atoms with van der Waals surface area (Å²) in [4.78, 5) is 10.7. The Morgan fingerprint density at radius 3 is 2.86 bits per heavy atom. The average Bonchev–Trinajstić information content (AvgIpc) is 2.12. The lowest BCUT2D eigenvalue weighted by Crippen LogP contribution is -2.06. The van der Waals surface area contributed by atoms with Gasteiger partial charge in [0.1, 0.15) is 5.78 Å². The molecule has 1 rings (SSSR count). The lowest BCUT2D eigenvalue weighted by atomic mass is 10.2. The van der Waals surface area contributed by atoms with Gasteiger partial charge in [-0.2, -0.15) is 0 Å². The monoisotopic (exact) mass is 211 g/mol. The van der Waals surface area contributed by atoms with E-state index in [1.54, 1.807) is 6.92 Å². The number of rotatable bonds is 4. The summed E-state index contributed by atoms with van der Waals surface area (Å²) in [6.45, 7) is 4.21. The standard InChI is InChI=1S/C11H14ClNO/c1-8(14)6-7-13-11-5-3-4-10(12)9(11)2/h3-5,13H,6-7H2,1-2H3. The molecule has 0 heterocycles. The Balaban J connectivity index is 2.59. The molecule has 0 saturated carbocycles. The Morgan fingerprint density at radius 2 is 2.21 bits per heavy atom. The molecule has 1 aromatic rings. The summed E-state index contributed by atoms with van der Waals surface area (Å²) in [5, 5.41) is 3.93. The third-order valence-corrected chi connectivity index (χ3v) is 2.47. The predicted octanol–water partition coefficient (Wildman–Crippen LogP) is 3.04. The molecule has 0 unspecified atom stereocenters. The van der Waals surface area contributed by atoms with Crippen molar-refractivity contribution in [1.29, 1.82) is 0 Å². The fourth-order valence-electron chi connectivity index (χ4n) is 1.17. The molecule has 2 nitrogen and oxygen atoms in total. The van der Waals surface area contributed by atoms with E-state index in [0.717, 1.165) is 16.3 Å². The van der Waals surface area contributed by atoms with E-state index in [1.165, 1.54) is 0 Å². The van der Waals surface area contributed by atoms with Gasteiger partial charge < -0.3 is 5.32 Å². The van der Waals surface area contributed by atoms with Crippen molar-refractivity contribution in [3.05, 3.63) is 28.8 Å². The summed E-state index contributed by atoms with van der Waals surface area (Å²) in [5.41, 5.74) is 2.02. The highest BCUT2D eigenvalue weighted by molar-refractivity contribution is 6.31. The van der Waals surface area contributed by atoms with Gasteiger partial charge in [-0.15, -0.1) is 0 Å². The van der Waals surface area contributed by atoms with Crippen molar-refractivity contribution in [1.82, 2.24) is 0 Å². The van der Waals surface area contributed by atoms with Crippen LogP contribution in [0.1, 0.15) is 18.9 Å². The van der Waals surface area contributed by atoms with Crippen LogP contribution in [0.5, 0.6) is 0 Å². The van der Waals surface area contributed by atoms with Gasteiger partial charge in [-0.1, -0.05) is 17.7 Å². The lowest BCUT2D eigenvalue weighted by Gasteiger charge is -2.09. The minimum Gasteiger partial charge on any atom is -0.384 e. The summed E-state index contributed by atoms with van der Waals surface area (Å²) < 4.78 is 0. The Morgan fingerprint density at radius 1 is 1.50 bits per heavy atom. The number of anilines is 1. The number of hydrogen-bond acceptors (Lipinski definition) is 2. The van der Waals surface area contributed by atoms with E-state index in [4.69, 9.17) is 11.6 Å². The van der Waals surface area contributed by atoms with Crippen molar-refractivity contribution in [2.75, 3.05) is 11.9 Å². The zero-order valence-electron chi connectivity index (χ0n) is 8.43. The van der Waals surface area contributed by atoms with Gasteiger partial charge >= 0.3 is 0 Å². The quantitative estimate of drug-likeness (QED) is 0.830. The van der Waals surface area contributed by atoms with Crippen LogP contribution >= 0.6 is 11.6 Å². The van der Waals surface area contributed by atoms with Crippen molar-refractivity contribution < 1.29 is 4.79 Å². The molecule has 1 aromatic carbocycles. The Bertz CT molecular complexity index is 336. The van der Waals surface area contributed by atoms with E-state index in [-0.39, 0.29) is 5.78 Å². The van der Waals surface area contributed by atoms with Crippen LogP contribution in [0.2, 0.25) is 5.02 Å². The average molecular weight is 212 g/mol. The smallest absolute Gasteiger partial charge is 0.131 e. The number of hydrogen-bond donors (Lipinski definition) is 1. The third kappa shape index (κ3) is 3.04. The second-order valence-corrected chi connectivity index (χ2v) is 3.70. The molecular weight excluding hydrogens is 198 g/mol. The number of nitrogens with one attached hydrogen (secondary N) is 1. The second kappa shape index (κ2) is 5.01. The van der Waals surface area contributed by atoms with Gasteiger partial charge in [-0.25, -0.2) is 0 Å². The van der Waals surface area contributed by atoms with E-state index in [1.807, 2.05) is 25.1 Å². The molecule has 3 heteroatoms. The molecule has 0 saturated heterocycles. The third-order valence-electron chi connectivity index (χ3n) is 2.06. The van der Waals surface area contributed by atoms with Crippen LogP contribution in [0.25, 0.3) is 0 Å². The Kier molecular flexibility index (Phi) is 3.96. The first-order valence-corrected chi connectivity index (χ1v) is 4.97. The molecule has 0 aliphatic carbocycles. The zero-order chi connectivity index (χ0) is 10.6. The molecule has 0 spiro atoms. The van der Waals surface area contributed by atoms with Gasteiger partial charge in [-0.3, -0.25) is 4.79 Å². The van der Waals surface area contributed by atoms with E-state index < -0.39 is 0 Å². The number of halogens is 1. The highest BCUT2D eigenvalue weighted by atomic mass is 35.5. The van der Waals surface area contributed by atoms with Crippen molar-refractivity contribution >= 4 is 23.1 Å². The van der Waals surface area contributed by atoms with Gasteiger partial charge in [-0.05, 0) is 31.5 Å². The topological polar surface area (TPSA) is 29.1 Å². The summed E-state index contributed by atoms with van der Waals surface area (Å²) in [7, 11) is 0. The lowest BCUT2D eigenvalue weighted by molar-refractivity contribution is -0.116. The maximum atomic E-state index is 10.7. The summed E-state index contributed by atoms with van der Waals surface area (Å²) in [6, 6.07) is 5.71. The zero-order valence-corrected chi connectivity index (χ0v) is 9.19. The first-order valence-electron chi connectivity index (χ1n) is 4.59. The molecule has 1 N–H and O–H groups in total. The van der Waals surface area contributed by atoms with Gasteiger partial charge in [0.15, 0.2) is 0 Å². The van der Waals surface area contributed by atoms with E-state index >= 15 is 0 Å². The van der Waals surface area contributed by atoms with E-state index in [9.17, 15) is 4.79 Å². The largest absolute Gasteiger partial charge is 0.384 e. The number of benzene rings is 1. The molecule has 14 heavy (non-hydrogen) atoms. The number of Topliss-reactive ketones (excluding diaryl/α,β-unsaturated/α-hetero) is 1. The predicted molar refractivity (Wildman–Crippen MR) is 60.0 cm³/mol. The number of carbonyl (C=O) groups excluding carboxylic acids is 1. The molecule has 0 atom stereocenters. The molecule has 0 bridgehead atoms. The van der Waals surface area contributed by atoms with Gasteiger partial charge in [0.25, 0.3) is 0 Å². The Hall–Kier alpha value is -1.02. The molecule has 0 aliphatic heterocycles. The van der Waals surface area contributed by atoms with E-state index in [0.29, 0.717) is 13.0 Å². The first kappa shape index (κ1) is 11.1. The van der Waals surface area contributed by atoms with Crippen molar-refractivity contribution in [2.24, 2.45) is 0 Å². The fraction of sp³-hybridized carbons (Fsp3) is 0.364.